The molecule has 8 aliphatic rings. The van der Waals surface area contributed by atoms with Gasteiger partial charge in [0.15, 0.2) is 0 Å². The number of phenols is 2. The van der Waals surface area contributed by atoms with E-state index in [0.29, 0.717) is 78.8 Å². The van der Waals surface area contributed by atoms with Gasteiger partial charge in [-0.15, -0.1) is 0 Å². The Bertz CT molecular complexity index is 2380. The molecule has 0 unspecified atom stereocenters. The molecule has 6 N–H and O–H groups in total. The monoisotopic (exact) mass is 898 g/mol. The number of carbonyl (C=O) groups excluding carboxylic acids is 2. The second-order valence-electron chi connectivity index (χ2n) is 23.6. The van der Waals surface area contributed by atoms with E-state index in [9.17, 15) is 45.0 Å². The molecule has 0 aromatic heterocycles. The number of benzene rings is 2. The fourth-order valence-electron chi connectivity index (χ4n) is 16.2. The molecule has 13 nitrogen and oxygen atoms in total. The summed E-state index contributed by atoms with van der Waals surface area (Å²) < 4.78 is 14.3. The van der Waals surface area contributed by atoms with Crippen molar-refractivity contribution in [2.75, 3.05) is 6.54 Å². The van der Waals surface area contributed by atoms with E-state index < -0.39 is 58.3 Å². The van der Waals surface area contributed by atoms with E-state index in [2.05, 4.69) is 41.5 Å². The van der Waals surface area contributed by atoms with Crippen molar-refractivity contribution in [1.29, 1.82) is 0 Å². The first-order valence-corrected chi connectivity index (χ1v) is 24.5. The van der Waals surface area contributed by atoms with E-state index in [0.717, 1.165) is 37.7 Å². The molecule has 10 rings (SSSR count). The third-order valence-electron chi connectivity index (χ3n) is 20.1. The van der Waals surface area contributed by atoms with Gasteiger partial charge in [-0.1, -0.05) is 55.4 Å². The Hall–Kier alpha value is -4.07. The smallest absolute Gasteiger partial charge is 0.326 e. The Labute approximate surface area is 382 Å². The minimum absolute atomic E-state index is 0.00949. The molecular formula is C52H70N2O11. The minimum Gasteiger partial charge on any atom is -0.508 e. The molecule has 2 amide bonds. The summed E-state index contributed by atoms with van der Waals surface area (Å²) >= 11 is 0. The molecule has 65 heavy (non-hydrogen) atoms. The number of fused-ring (bicyclic) bond motifs is 10. The number of hydrogen-bond acceptors (Lipinski definition) is 10. The van der Waals surface area contributed by atoms with Crippen LogP contribution in [0.25, 0.3) is 0 Å². The van der Waals surface area contributed by atoms with Crippen LogP contribution >= 0.6 is 0 Å². The highest BCUT2D eigenvalue weighted by Gasteiger charge is 2.70. The number of aliphatic hydroxyl groups is 3. The number of phenolic OH excluding ortho intramolecular Hbond substituents is 2. The lowest BCUT2D eigenvalue weighted by molar-refractivity contribution is -0.240. The predicted octanol–water partition coefficient (Wildman–Crippen LogP) is 7.12. The average Bonchev–Trinajstić information content (AvgIpc) is 4.01. The lowest BCUT2D eigenvalue weighted by Gasteiger charge is -2.64. The van der Waals surface area contributed by atoms with Crippen LogP contribution in [0.5, 0.6) is 23.0 Å². The molecule has 0 radical (unpaired) electrons. The van der Waals surface area contributed by atoms with E-state index in [1.165, 1.54) is 11.0 Å². The maximum absolute atomic E-state index is 14.1. The Kier molecular flexibility index (Phi) is 9.96. The average molecular weight is 899 g/mol. The molecule has 4 fully saturated rings. The summed E-state index contributed by atoms with van der Waals surface area (Å²) in [6.45, 7) is 17.8. The number of amides is 2. The summed E-state index contributed by atoms with van der Waals surface area (Å²) in [5, 5.41) is 67.0. The topological polar surface area (TPSA) is 198 Å². The normalized spacial score (nSPS) is 38.7. The van der Waals surface area contributed by atoms with Crippen molar-refractivity contribution in [2.45, 2.75) is 181 Å². The number of aliphatic carboxylic acids is 1. The van der Waals surface area contributed by atoms with Gasteiger partial charge < -0.3 is 49.9 Å². The third-order valence-corrected chi connectivity index (χ3v) is 20.1. The Balaban J connectivity index is 0.833. The molecular weight excluding hydrogens is 829 g/mol. The molecule has 13 heteroatoms. The molecule has 354 valence electrons. The van der Waals surface area contributed by atoms with Gasteiger partial charge in [0.2, 0.25) is 0 Å². The molecule has 0 bridgehead atoms. The van der Waals surface area contributed by atoms with Crippen LogP contribution in [0.1, 0.15) is 163 Å². The van der Waals surface area contributed by atoms with Crippen LogP contribution < -0.4 is 9.47 Å². The van der Waals surface area contributed by atoms with Gasteiger partial charge in [0.1, 0.15) is 40.2 Å². The number of unbranched alkanes of at least 4 members (excludes halogenated alkanes) is 1. The van der Waals surface area contributed by atoms with E-state index >= 15 is 0 Å². The predicted molar refractivity (Wildman–Crippen MR) is 240 cm³/mol. The Morgan fingerprint density at radius 3 is 1.85 bits per heavy atom. The number of carboxylic acid groups (broad SMARTS) is 1. The van der Waals surface area contributed by atoms with Crippen LogP contribution in [0, 0.1) is 45.3 Å². The minimum atomic E-state index is -1.14. The first-order valence-electron chi connectivity index (χ1n) is 24.5. The molecule has 4 aliphatic carbocycles. The van der Waals surface area contributed by atoms with Crippen LogP contribution in [-0.4, -0.2) is 100 Å². The van der Waals surface area contributed by atoms with Gasteiger partial charge in [0.05, 0.1) is 42.5 Å². The van der Waals surface area contributed by atoms with Crippen molar-refractivity contribution in [1.82, 2.24) is 9.80 Å². The van der Waals surface area contributed by atoms with Crippen LogP contribution in [-0.2, 0) is 30.7 Å². The standard InChI is InChI=1S/C52H70N2O11/c1-26-12-14-38-47(3,4)40(58)16-17-49(38,7)51(26)21-30-36(56)20-29-33(42(30)64-51)25-54(45(29)61)34(46(62)63)11-9-10-18-53-24-32-28(44(53)60)19-35(55)31-22-52(65-41(31)32)27(2)13-15-39-48(5,6)43(59)37(57)23-50(39,52)8/h19-20,26-27,34,37-40,43,55-59H,9-18,21-25H2,1-8H3,(H,62,63)/t26-,27-,34+,37-,38+,39+,40-,43-,49+,50+,51-,52-/m1/s1. The Morgan fingerprint density at radius 2 is 1.26 bits per heavy atom. The first-order chi connectivity index (χ1) is 30.4. The van der Waals surface area contributed by atoms with Crippen LogP contribution in [0.4, 0.5) is 0 Å². The lowest BCUT2D eigenvalue weighted by atomic mass is 9.43. The van der Waals surface area contributed by atoms with Crippen molar-refractivity contribution in [2.24, 2.45) is 45.3 Å². The van der Waals surface area contributed by atoms with Crippen molar-refractivity contribution in [3.8, 4) is 23.0 Å². The van der Waals surface area contributed by atoms with Gasteiger partial charge in [0.25, 0.3) is 11.8 Å². The molecule has 2 aromatic rings. The number of rotatable bonds is 7. The fraction of sp³-hybridized carbons (Fsp3) is 0.712. The zero-order valence-corrected chi connectivity index (χ0v) is 39.5. The zero-order chi connectivity index (χ0) is 46.7. The van der Waals surface area contributed by atoms with Gasteiger partial charge in [-0.3, -0.25) is 9.59 Å². The number of aromatic hydroxyl groups is 2. The quantitative estimate of drug-likeness (QED) is 0.155. The second-order valence-corrected chi connectivity index (χ2v) is 23.6. The highest BCUT2D eigenvalue weighted by molar-refractivity contribution is 6.02. The number of nitrogens with zero attached hydrogens (tertiary/aromatic N) is 2. The van der Waals surface area contributed by atoms with E-state index in [4.69, 9.17) is 9.47 Å². The lowest BCUT2D eigenvalue weighted by Crippen LogP contribution is -2.69. The summed E-state index contributed by atoms with van der Waals surface area (Å²) in [5.41, 5.74) is 0.244. The second kappa shape index (κ2) is 14.5. The maximum atomic E-state index is 14.1. The number of carbonyl (C=O) groups is 3. The van der Waals surface area contributed by atoms with Crippen LogP contribution in [0.2, 0.25) is 0 Å². The number of aliphatic hydroxyl groups excluding tert-OH is 3. The number of ether oxygens (including phenoxy) is 2. The molecule has 4 saturated carbocycles. The summed E-state index contributed by atoms with van der Waals surface area (Å²) in [4.78, 5) is 44.1. The highest BCUT2D eigenvalue weighted by Crippen LogP contribution is 2.69. The van der Waals surface area contributed by atoms with E-state index in [1.54, 1.807) is 11.0 Å². The van der Waals surface area contributed by atoms with Gasteiger partial charge >= 0.3 is 5.97 Å². The first kappa shape index (κ1) is 44.7. The summed E-state index contributed by atoms with van der Waals surface area (Å²) in [6.07, 6.45) is 5.21. The summed E-state index contributed by atoms with van der Waals surface area (Å²) in [5.74, 6) is -0.274. The molecule has 4 aliphatic heterocycles. The van der Waals surface area contributed by atoms with Crippen molar-refractivity contribution in [3.05, 3.63) is 45.5 Å². The largest absolute Gasteiger partial charge is 0.508 e. The van der Waals surface area contributed by atoms with Crippen molar-refractivity contribution in [3.63, 3.8) is 0 Å². The van der Waals surface area contributed by atoms with E-state index in [1.807, 2.05) is 13.8 Å². The third kappa shape index (κ3) is 5.82. The van der Waals surface area contributed by atoms with Crippen LogP contribution in [0.3, 0.4) is 0 Å². The Morgan fingerprint density at radius 1 is 0.723 bits per heavy atom. The maximum Gasteiger partial charge on any atom is 0.326 e. The van der Waals surface area contributed by atoms with Gasteiger partial charge in [-0.05, 0) is 111 Å². The SMILES string of the molecule is C[C@@H]1CC[C@H]2C(C)(C)[C@H](O)CC[C@]2(C)[C@@]12Cc1c(O)cc3c(c1O2)CN([C@@H](CCCCN1Cc2c(cc(O)c4c2O[C@]2(C4)[C@H](C)CC[C@H]4C(C)(C)[C@H](O)[C@H](O)C[C@@]42C)C1=O)C(=O)O)C3=O. The molecule has 2 aromatic carbocycles. The van der Waals surface area contributed by atoms with Gasteiger partial charge in [-0.2, -0.15) is 0 Å². The zero-order valence-electron chi connectivity index (χ0n) is 39.5. The molecule has 12 atom stereocenters. The number of carboxylic acids is 1. The van der Waals surface area contributed by atoms with E-state index in [-0.39, 0.29) is 77.0 Å². The van der Waals surface area contributed by atoms with Gasteiger partial charge in [0, 0.05) is 52.5 Å². The van der Waals surface area contributed by atoms with Crippen molar-refractivity contribution >= 4 is 17.8 Å². The van der Waals surface area contributed by atoms with Crippen molar-refractivity contribution < 1.29 is 54.5 Å². The highest BCUT2D eigenvalue weighted by atomic mass is 16.5. The fourth-order valence-corrected chi connectivity index (χ4v) is 16.2. The molecule has 4 heterocycles. The summed E-state index contributed by atoms with van der Waals surface area (Å²) in [6, 6.07) is 1.91. The van der Waals surface area contributed by atoms with Crippen LogP contribution in [0.15, 0.2) is 12.1 Å². The summed E-state index contributed by atoms with van der Waals surface area (Å²) in [7, 11) is 0. The van der Waals surface area contributed by atoms with Gasteiger partial charge in [-0.25, -0.2) is 4.79 Å². The number of hydrogen-bond donors (Lipinski definition) is 6. The molecule has 2 spiro atoms. The molecule has 0 saturated heterocycles.